The largest absolute Gasteiger partial charge is 0.456 e. The van der Waals surface area contributed by atoms with Crippen molar-refractivity contribution in [3.63, 3.8) is 0 Å². The van der Waals surface area contributed by atoms with Gasteiger partial charge in [0.25, 0.3) is 0 Å². The summed E-state index contributed by atoms with van der Waals surface area (Å²) in [6.45, 7) is 18.9. The highest BCUT2D eigenvalue weighted by Crippen LogP contribution is 2.61. The van der Waals surface area contributed by atoms with Gasteiger partial charge in [-0.05, 0) is 174 Å². The highest BCUT2D eigenvalue weighted by atomic mass is 19.1. The molecule has 0 N–H and O–H groups in total. The van der Waals surface area contributed by atoms with E-state index in [1.807, 2.05) is 12.1 Å². The zero-order valence-electron chi connectivity index (χ0n) is 40.7. The van der Waals surface area contributed by atoms with E-state index in [1.54, 1.807) is 12.1 Å². The third-order valence-electron chi connectivity index (χ3n) is 17.5. The van der Waals surface area contributed by atoms with E-state index in [0.717, 1.165) is 55.6 Å². The average molecular weight is 908 g/mol. The van der Waals surface area contributed by atoms with Gasteiger partial charge in [0, 0.05) is 65.8 Å². The Labute approximate surface area is 406 Å². The minimum atomic E-state index is -0.304. The quantitative estimate of drug-likeness (QED) is 0.177. The molecule has 0 atom stereocenters. The van der Waals surface area contributed by atoms with Gasteiger partial charge in [0.1, 0.15) is 28.1 Å². The maximum atomic E-state index is 14.8. The molecule has 11 aromatic rings. The second-order valence-corrected chi connectivity index (χ2v) is 22.6. The molecular weight excluding hydrogens is 858 g/mol. The minimum absolute atomic E-state index is 0.193. The standard InChI is InChI=1S/C66H50FNO2/c1-63(2)48-27-28-58-61(43-14-10-12-16-57(43)69-58)59(48)46-33-52-44(31-54(46)63)39-23-21-37(29-50(39)65(52,5)6)68(36-19-17-35(67)18-20-36)38-22-24-40-45-32-55-47(34-53(45)66(7,8)51(40)30-38)60-49(64(55,3)4)26-25-42-41-13-9-11-15-56(41)70-62(42)60/h9-34H,1-8H3. The number of fused-ring (bicyclic) bond motifs is 20. The molecule has 3 nitrogen and oxygen atoms in total. The first-order valence-corrected chi connectivity index (χ1v) is 24.8. The fourth-order valence-electron chi connectivity index (χ4n) is 13.8. The lowest BCUT2D eigenvalue weighted by atomic mass is 9.79. The molecule has 0 fully saturated rings. The van der Waals surface area contributed by atoms with Crippen molar-refractivity contribution in [3.8, 4) is 44.5 Å². The predicted molar refractivity (Wildman–Crippen MR) is 286 cm³/mol. The molecule has 4 aliphatic carbocycles. The summed E-state index contributed by atoms with van der Waals surface area (Å²) in [6, 6.07) is 56.7. The zero-order chi connectivity index (χ0) is 47.5. The van der Waals surface area contributed by atoms with Crippen LogP contribution in [-0.4, -0.2) is 0 Å². The Hall–Kier alpha value is -7.69. The summed E-state index contributed by atoms with van der Waals surface area (Å²) in [5.41, 5.74) is 26.4. The Bertz CT molecular complexity index is 4190. The number of hydrogen-bond donors (Lipinski definition) is 0. The third kappa shape index (κ3) is 4.89. The van der Waals surface area contributed by atoms with Crippen molar-refractivity contribution in [2.75, 3.05) is 4.90 Å². The summed E-state index contributed by atoms with van der Waals surface area (Å²) in [7, 11) is 0. The molecule has 338 valence electrons. The molecule has 4 heteroatoms. The van der Waals surface area contributed by atoms with E-state index in [9.17, 15) is 4.39 Å². The van der Waals surface area contributed by atoms with Gasteiger partial charge in [-0.3, -0.25) is 0 Å². The molecule has 9 aromatic carbocycles. The summed E-state index contributed by atoms with van der Waals surface area (Å²) in [5, 5.41) is 4.68. The van der Waals surface area contributed by atoms with Crippen LogP contribution in [0.1, 0.15) is 99.9 Å². The molecule has 0 saturated heterocycles. The van der Waals surface area contributed by atoms with Crippen molar-refractivity contribution < 1.29 is 13.2 Å². The number of halogens is 1. The molecule has 2 heterocycles. The van der Waals surface area contributed by atoms with Crippen LogP contribution in [0.4, 0.5) is 21.5 Å². The van der Waals surface area contributed by atoms with Crippen LogP contribution in [0.3, 0.4) is 0 Å². The molecule has 70 heavy (non-hydrogen) atoms. The first-order valence-electron chi connectivity index (χ1n) is 24.8. The van der Waals surface area contributed by atoms with Crippen LogP contribution in [0.25, 0.3) is 88.4 Å². The number of hydrogen-bond acceptors (Lipinski definition) is 3. The summed E-state index contributed by atoms with van der Waals surface area (Å²) in [6.07, 6.45) is 0. The van der Waals surface area contributed by atoms with Gasteiger partial charge in [-0.25, -0.2) is 4.39 Å². The average Bonchev–Trinajstić information content (AvgIpc) is 4.14. The van der Waals surface area contributed by atoms with Crippen molar-refractivity contribution in [1.82, 2.24) is 0 Å². The summed E-state index contributed by atoms with van der Waals surface area (Å²) < 4.78 is 27.9. The van der Waals surface area contributed by atoms with Crippen LogP contribution in [0.5, 0.6) is 0 Å². The van der Waals surface area contributed by atoms with Gasteiger partial charge in [0.15, 0.2) is 0 Å². The lowest BCUT2D eigenvalue weighted by Gasteiger charge is -2.29. The number of rotatable bonds is 3. The predicted octanol–water partition coefficient (Wildman–Crippen LogP) is 18.3. The van der Waals surface area contributed by atoms with Gasteiger partial charge in [-0.15, -0.1) is 0 Å². The van der Waals surface area contributed by atoms with E-state index in [1.165, 1.54) is 94.4 Å². The molecule has 0 saturated carbocycles. The highest BCUT2D eigenvalue weighted by molar-refractivity contribution is 6.16. The van der Waals surface area contributed by atoms with Gasteiger partial charge in [0.05, 0.1) is 0 Å². The smallest absolute Gasteiger partial charge is 0.143 e. The first kappa shape index (κ1) is 40.2. The molecule has 0 aliphatic heterocycles. The molecule has 0 unspecified atom stereocenters. The molecule has 0 bridgehead atoms. The Morgan fingerprint density at radius 3 is 1.41 bits per heavy atom. The van der Waals surface area contributed by atoms with Crippen molar-refractivity contribution in [2.24, 2.45) is 0 Å². The van der Waals surface area contributed by atoms with Gasteiger partial charge in [-0.1, -0.05) is 122 Å². The van der Waals surface area contributed by atoms with Gasteiger partial charge < -0.3 is 13.7 Å². The topological polar surface area (TPSA) is 29.5 Å². The van der Waals surface area contributed by atoms with Crippen LogP contribution in [0.2, 0.25) is 0 Å². The molecule has 0 spiro atoms. The maximum absolute atomic E-state index is 14.8. The van der Waals surface area contributed by atoms with Crippen molar-refractivity contribution in [3.05, 3.63) is 208 Å². The SMILES string of the molecule is CC1(C)c2cc(N(c3ccc(F)cc3)c3ccc4c(c3)C(C)(C)c3cc5c(cc3-4)C(C)(C)c3ccc4oc6ccccc6c4c3-5)ccc2-c2cc3c(cc21)-c1c(ccc2c1oc1ccccc12)C3(C)C. The van der Waals surface area contributed by atoms with E-state index in [4.69, 9.17) is 8.83 Å². The second-order valence-electron chi connectivity index (χ2n) is 22.6. The van der Waals surface area contributed by atoms with Crippen molar-refractivity contribution >= 4 is 60.9 Å². The summed E-state index contributed by atoms with van der Waals surface area (Å²) in [4.78, 5) is 2.32. The van der Waals surface area contributed by atoms with Crippen LogP contribution in [-0.2, 0) is 21.7 Å². The van der Waals surface area contributed by atoms with E-state index in [-0.39, 0.29) is 27.5 Å². The van der Waals surface area contributed by atoms with Crippen molar-refractivity contribution in [1.29, 1.82) is 0 Å². The number of benzene rings is 9. The number of anilines is 3. The molecule has 2 aromatic heterocycles. The van der Waals surface area contributed by atoms with Crippen LogP contribution >= 0.6 is 0 Å². The Morgan fingerprint density at radius 1 is 0.343 bits per heavy atom. The van der Waals surface area contributed by atoms with Crippen LogP contribution in [0.15, 0.2) is 167 Å². The lowest BCUT2D eigenvalue weighted by Crippen LogP contribution is -2.18. The Kier molecular flexibility index (Phi) is 7.43. The number of para-hydroxylation sites is 2. The summed E-state index contributed by atoms with van der Waals surface area (Å²) >= 11 is 0. The van der Waals surface area contributed by atoms with E-state index >= 15 is 0 Å². The Balaban J connectivity index is 0.861. The monoisotopic (exact) mass is 907 g/mol. The van der Waals surface area contributed by atoms with E-state index in [0.29, 0.717) is 0 Å². The van der Waals surface area contributed by atoms with Gasteiger partial charge in [-0.2, -0.15) is 0 Å². The maximum Gasteiger partial charge on any atom is 0.143 e. The molecule has 4 aliphatic rings. The normalized spacial score (nSPS) is 16.5. The first-order chi connectivity index (χ1) is 33.6. The molecule has 15 rings (SSSR count). The molecule has 0 amide bonds. The minimum Gasteiger partial charge on any atom is -0.456 e. The number of nitrogens with zero attached hydrogens (tertiary/aromatic N) is 1. The number of furan rings is 2. The molecule has 0 radical (unpaired) electrons. The fourth-order valence-corrected chi connectivity index (χ4v) is 13.8. The van der Waals surface area contributed by atoms with E-state index < -0.39 is 0 Å². The van der Waals surface area contributed by atoms with Gasteiger partial charge >= 0.3 is 0 Å². The highest BCUT2D eigenvalue weighted by Gasteiger charge is 2.45. The second kappa shape index (κ2) is 12.9. The molecular formula is C66H50FNO2. The summed E-state index contributed by atoms with van der Waals surface area (Å²) in [5.74, 6) is -0.254. The van der Waals surface area contributed by atoms with Crippen molar-refractivity contribution in [2.45, 2.75) is 77.0 Å². The zero-order valence-corrected chi connectivity index (χ0v) is 40.7. The van der Waals surface area contributed by atoms with Crippen LogP contribution < -0.4 is 4.90 Å². The third-order valence-corrected chi connectivity index (χ3v) is 17.5. The van der Waals surface area contributed by atoms with Crippen LogP contribution in [0, 0.1) is 5.82 Å². The lowest BCUT2D eigenvalue weighted by molar-refractivity contribution is 0.628. The van der Waals surface area contributed by atoms with Gasteiger partial charge in [0.2, 0.25) is 0 Å². The van der Waals surface area contributed by atoms with E-state index in [2.05, 4.69) is 194 Å². The fraction of sp³-hybridized carbons (Fsp3) is 0.182. The Morgan fingerprint density at radius 2 is 0.800 bits per heavy atom.